The summed E-state index contributed by atoms with van der Waals surface area (Å²) in [5.74, 6) is 0.910. The Hall–Kier alpha value is -3.42. The van der Waals surface area contributed by atoms with Crippen LogP contribution in [0.15, 0.2) is 24.5 Å². The van der Waals surface area contributed by atoms with Gasteiger partial charge in [0.25, 0.3) is 11.8 Å². The minimum absolute atomic E-state index is 0.0504. The number of carbonyl (C=O) groups excluding carboxylic acids is 2. The number of amides is 2. The highest BCUT2D eigenvalue weighted by Gasteiger charge is 2.55. The third-order valence-corrected chi connectivity index (χ3v) is 11.4. The molecule has 1 saturated carbocycles. The molecule has 0 bridgehead atoms. The van der Waals surface area contributed by atoms with Crippen molar-refractivity contribution in [3.05, 3.63) is 35.9 Å². The van der Waals surface area contributed by atoms with E-state index in [9.17, 15) is 14.0 Å². The number of piperidine rings is 1. The van der Waals surface area contributed by atoms with E-state index in [0.29, 0.717) is 31.5 Å². The molecule has 2 amide bonds. The quantitative estimate of drug-likeness (QED) is 0.347. The van der Waals surface area contributed by atoms with E-state index in [-0.39, 0.29) is 46.0 Å². The monoisotopic (exact) mass is 681 g/mol. The molecule has 3 saturated heterocycles. The van der Waals surface area contributed by atoms with Gasteiger partial charge >= 0.3 is 0 Å². The van der Waals surface area contributed by atoms with Crippen LogP contribution in [-0.4, -0.2) is 115 Å². The summed E-state index contributed by atoms with van der Waals surface area (Å²) < 4.78 is 31.3. The van der Waals surface area contributed by atoms with Gasteiger partial charge in [-0.15, -0.1) is 10.2 Å². The standard InChI is InChI=1S/C36H52FN7O5/c1-6-44(25(2)3)32(45)28-17-27(37)7-8-29(28)49-31-30(38-24-39-41-31)43-20-34(21-43)13-15-42(16-14-34)18-26-9-11-36(12-10-26)19-35(22-47-4,23-48-5)33(46)40-36/h7-8,17,24-26H,6,9-16,18-23H2,1-5H3,(H,40,46)/t26-,36-. The van der Waals surface area contributed by atoms with Crippen molar-refractivity contribution in [2.75, 3.05) is 71.6 Å². The number of benzene rings is 1. The van der Waals surface area contributed by atoms with E-state index in [0.717, 1.165) is 77.7 Å². The minimum atomic E-state index is -0.587. The maximum absolute atomic E-state index is 14.3. The fourth-order valence-electron chi connectivity index (χ4n) is 8.79. The van der Waals surface area contributed by atoms with Crippen LogP contribution in [0.5, 0.6) is 11.6 Å². The molecule has 1 aliphatic carbocycles. The molecular formula is C36H52FN7O5. The van der Waals surface area contributed by atoms with Crippen molar-refractivity contribution < 1.29 is 28.2 Å². The van der Waals surface area contributed by atoms with Crippen molar-refractivity contribution in [1.82, 2.24) is 30.3 Å². The van der Waals surface area contributed by atoms with Gasteiger partial charge in [-0.05, 0) is 103 Å². The first kappa shape index (κ1) is 35.4. The van der Waals surface area contributed by atoms with Gasteiger partial charge in [-0.3, -0.25) is 9.59 Å². The molecule has 13 heteroatoms. The van der Waals surface area contributed by atoms with Crippen molar-refractivity contribution in [1.29, 1.82) is 0 Å². The van der Waals surface area contributed by atoms with Crippen LogP contribution in [0, 0.1) is 22.6 Å². The van der Waals surface area contributed by atoms with Crippen LogP contribution in [0.3, 0.4) is 0 Å². The second kappa shape index (κ2) is 14.4. The van der Waals surface area contributed by atoms with Gasteiger partial charge in [0.05, 0.1) is 24.2 Å². The van der Waals surface area contributed by atoms with Crippen molar-refractivity contribution in [3.8, 4) is 11.6 Å². The number of methoxy groups -OCH3 is 2. The first-order chi connectivity index (χ1) is 23.5. The summed E-state index contributed by atoms with van der Waals surface area (Å²) in [7, 11) is 3.30. The van der Waals surface area contributed by atoms with E-state index in [2.05, 4.69) is 30.3 Å². The van der Waals surface area contributed by atoms with Crippen LogP contribution in [0.25, 0.3) is 0 Å². The van der Waals surface area contributed by atoms with Gasteiger partial charge in [0.1, 0.15) is 17.9 Å². The lowest BCUT2D eigenvalue weighted by molar-refractivity contribution is -0.133. The number of halogens is 1. The Bertz CT molecular complexity index is 1480. The maximum atomic E-state index is 14.3. The second-order valence-electron chi connectivity index (χ2n) is 15.2. The van der Waals surface area contributed by atoms with Gasteiger partial charge in [0.15, 0.2) is 5.82 Å². The molecule has 49 heavy (non-hydrogen) atoms. The number of ether oxygens (including phenoxy) is 3. The number of anilines is 1. The van der Waals surface area contributed by atoms with Crippen LogP contribution in [-0.2, 0) is 14.3 Å². The predicted molar refractivity (Wildman–Crippen MR) is 182 cm³/mol. The summed E-state index contributed by atoms with van der Waals surface area (Å²) >= 11 is 0. The van der Waals surface area contributed by atoms with E-state index < -0.39 is 11.2 Å². The number of hydrogen-bond donors (Lipinski definition) is 1. The zero-order chi connectivity index (χ0) is 34.8. The van der Waals surface area contributed by atoms with Crippen LogP contribution >= 0.6 is 0 Å². The smallest absolute Gasteiger partial charge is 0.282 e. The lowest BCUT2D eigenvalue weighted by Crippen LogP contribution is -2.61. The molecule has 1 N–H and O–H groups in total. The number of nitrogens with one attached hydrogen (secondary N) is 1. The molecule has 0 atom stereocenters. The molecule has 3 aliphatic heterocycles. The highest BCUT2D eigenvalue weighted by molar-refractivity contribution is 5.97. The summed E-state index contributed by atoms with van der Waals surface area (Å²) in [5, 5.41) is 11.5. The van der Waals surface area contributed by atoms with Gasteiger partial charge in [-0.25, -0.2) is 9.37 Å². The largest absolute Gasteiger partial charge is 0.434 e. The fraction of sp³-hybridized carbons (Fsp3) is 0.694. The summed E-state index contributed by atoms with van der Waals surface area (Å²) in [6, 6.07) is 3.91. The average molecular weight is 682 g/mol. The van der Waals surface area contributed by atoms with Gasteiger partial charge in [-0.1, -0.05) is 0 Å². The molecule has 4 aliphatic rings. The van der Waals surface area contributed by atoms with E-state index in [1.54, 1.807) is 19.1 Å². The van der Waals surface area contributed by atoms with Crippen molar-refractivity contribution in [3.63, 3.8) is 0 Å². The average Bonchev–Trinajstić information content (AvgIpc) is 3.32. The Labute approximate surface area is 289 Å². The zero-order valence-corrected chi connectivity index (χ0v) is 29.7. The van der Waals surface area contributed by atoms with Crippen LogP contribution in [0.2, 0.25) is 0 Å². The van der Waals surface area contributed by atoms with E-state index >= 15 is 0 Å². The molecule has 6 rings (SSSR count). The summed E-state index contributed by atoms with van der Waals surface area (Å²) in [6.07, 6.45) is 8.65. The minimum Gasteiger partial charge on any atom is -0.434 e. The van der Waals surface area contributed by atoms with Crippen LogP contribution in [0.1, 0.15) is 76.1 Å². The lowest BCUT2D eigenvalue weighted by atomic mass is 9.70. The highest BCUT2D eigenvalue weighted by atomic mass is 19.1. The molecule has 2 aromatic rings. The summed E-state index contributed by atoms with van der Waals surface area (Å²) in [4.78, 5) is 37.3. The Morgan fingerprint density at radius 3 is 2.43 bits per heavy atom. The number of nitrogens with zero attached hydrogens (tertiary/aromatic N) is 6. The van der Waals surface area contributed by atoms with E-state index in [4.69, 9.17) is 14.2 Å². The SMILES string of the molecule is CCN(C(=O)c1cc(F)ccc1Oc1nncnc1N1CC2(CCN(C[C@H]3CC[C@]4(CC3)CC(COC)(COC)C(=O)N4)CC2)C1)C(C)C. The molecule has 0 unspecified atom stereocenters. The molecule has 2 spiro atoms. The van der Waals surface area contributed by atoms with Gasteiger partial charge in [-0.2, -0.15) is 0 Å². The highest BCUT2D eigenvalue weighted by Crippen LogP contribution is 2.47. The Morgan fingerprint density at radius 2 is 1.80 bits per heavy atom. The molecule has 1 aromatic heterocycles. The normalized spacial score (nSPS) is 24.7. The first-order valence-electron chi connectivity index (χ1n) is 17.8. The Morgan fingerprint density at radius 1 is 1.10 bits per heavy atom. The summed E-state index contributed by atoms with van der Waals surface area (Å²) in [5.41, 5.74) is -0.366. The van der Waals surface area contributed by atoms with Gasteiger partial charge in [0.2, 0.25) is 5.91 Å². The zero-order valence-electron chi connectivity index (χ0n) is 29.7. The maximum Gasteiger partial charge on any atom is 0.282 e. The summed E-state index contributed by atoms with van der Waals surface area (Å²) in [6.45, 7) is 11.9. The van der Waals surface area contributed by atoms with Crippen molar-refractivity contribution >= 4 is 17.6 Å². The second-order valence-corrected chi connectivity index (χ2v) is 15.2. The topological polar surface area (TPSA) is 122 Å². The number of likely N-dealkylation sites (tertiary alicyclic amines) is 1. The number of hydrogen-bond acceptors (Lipinski definition) is 10. The van der Waals surface area contributed by atoms with Crippen molar-refractivity contribution in [2.45, 2.75) is 77.3 Å². The van der Waals surface area contributed by atoms with Crippen molar-refractivity contribution in [2.24, 2.45) is 16.7 Å². The van der Waals surface area contributed by atoms with Crippen LogP contribution < -0.4 is 15.0 Å². The molecule has 0 radical (unpaired) electrons. The Kier molecular flexibility index (Phi) is 10.4. The van der Waals surface area contributed by atoms with Gasteiger partial charge in [0, 0.05) is 57.4 Å². The number of aromatic nitrogens is 3. The molecule has 268 valence electrons. The third kappa shape index (κ3) is 7.25. The molecular weight excluding hydrogens is 629 g/mol. The Balaban J connectivity index is 1.02. The van der Waals surface area contributed by atoms with E-state index in [1.165, 1.54) is 24.5 Å². The molecule has 4 fully saturated rings. The lowest BCUT2D eigenvalue weighted by Gasteiger charge is -2.54. The first-order valence-corrected chi connectivity index (χ1v) is 17.8. The predicted octanol–water partition coefficient (Wildman–Crippen LogP) is 4.30. The molecule has 12 nitrogen and oxygen atoms in total. The third-order valence-electron chi connectivity index (χ3n) is 11.4. The van der Waals surface area contributed by atoms with Gasteiger partial charge < -0.3 is 34.2 Å². The van der Waals surface area contributed by atoms with E-state index in [1.807, 2.05) is 20.8 Å². The molecule has 4 heterocycles. The number of rotatable bonds is 12. The molecule has 1 aromatic carbocycles. The fourth-order valence-corrected chi connectivity index (χ4v) is 8.79. The van der Waals surface area contributed by atoms with Crippen LogP contribution in [0.4, 0.5) is 10.2 Å². The number of carbonyl (C=O) groups is 2.